The maximum atomic E-state index is 15.8. The number of alkyl halides is 1. The number of hydrogen-bond acceptors (Lipinski definition) is 7. The van der Waals surface area contributed by atoms with Gasteiger partial charge in [-0.3, -0.25) is 14.3 Å². The van der Waals surface area contributed by atoms with Gasteiger partial charge in [0.25, 0.3) is 12.0 Å². The smallest absolute Gasteiger partial charge is 0.330 e. The maximum absolute atomic E-state index is 15.8. The Morgan fingerprint density at radius 1 is 1.27 bits per heavy atom. The molecule has 0 amide bonds. The summed E-state index contributed by atoms with van der Waals surface area (Å²) in [5.74, 6) is -1.20. The molecule has 0 bridgehead atoms. The number of halogens is 2. The third-order valence-corrected chi connectivity index (χ3v) is 10.4. The highest BCUT2D eigenvalue weighted by Gasteiger charge is 2.54. The first-order valence-corrected chi connectivity index (χ1v) is 12.5. The van der Waals surface area contributed by atoms with Crippen LogP contribution >= 0.6 is 0 Å². The van der Waals surface area contributed by atoms with Crippen LogP contribution in [0.25, 0.3) is 0 Å². The van der Waals surface area contributed by atoms with E-state index in [1.54, 1.807) is 0 Å². The Balaban J connectivity index is 2.03. The Kier molecular flexibility index (Phi) is 6.38. The molecule has 170 valence electrons. The topological polar surface area (TPSA) is 101 Å². The minimum atomic E-state index is -2.55. The predicted octanol–water partition coefficient (Wildman–Crippen LogP) is 1.65. The number of nitrogens with zero attached hydrogens (tertiary/aromatic N) is 1. The number of rotatable bonds is 4. The molecule has 3 heterocycles. The van der Waals surface area contributed by atoms with Crippen LogP contribution in [0, 0.1) is 5.82 Å². The standard InChI is InChI=1S/C18H28F2N2O7Si/c1-18(2,3)30(5,6)29-13-11(20)12-10(8-26-17(25-4)28-12)27-15(13)22-7-9(19)14(23)21-16(22)24/h7,10-13,15,17H,8H2,1-6H3,(H,21,23,24)/t10-,11+,12-,13-,15-,17?/m1/s1. The van der Waals surface area contributed by atoms with Crippen molar-refractivity contribution in [2.45, 2.75) is 76.1 Å². The van der Waals surface area contributed by atoms with E-state index < -0.39 is 62.6 Å². The Morgan fingerprint density at radius 3 is 2.53 bits per heavy atom. The lowest BCUT2D eigenvalue weighted by atomic mass is 9.99. The average molecular weight is 451 g/mol. The number of methoxy groups -OCH3 is 1. The summed E-state index contributed by atoms with van der Waals surface area (Å²) in [7, 11) is -1.19. The van der Waals surface area contributed by atoms with E-state index in [9.17, 15) is 14.0 Å². The lowest BCUT2D eigenvalue weighted by molar-refractivity contribution is -0.382. The summed E-state index contributed by atoms with van der Waals surface area (Å²) >= 11 is 0. The van der Waals surface area contributed by atoms with Gasteiger partial charge in [0.2, 0.25) is 5.82 Å². The Labute approximate surface area is 173 Å². The minimum Gasteiger partial charge on any atom is -0.406 e. The van der Waals surface area contributed by atoms with Crippen molar-refractivity contribution in [3.05, 3.63) is 32.9 Å². The van der Waals surface area contributed by atoms with Crippen molar-refractivity contribution in [1.82, 2.24) is 9.55 Å². The van der Waals surface area contributed by atoms with Gasteiger partial charge in [0.05, 0.1) is 12.8 Å². The van der Waals surface area contributed by atoms with Gasteiger partial charge < -0.3 is 23.4 Å². The minimum absolute atomic E-state index is 0.0620. The van der Waals surface area contributed by atoms with Gasteiger partial charge in [-0.15, -0.1) is 0 Å². The van der Waals surface area contributed by atoms with Crippen molar-refractivity contribution in [3.63, 3.8) is 0 Å². The molecule has 0 radical (unpaired) electrons. The van der Waals surface area contributed by atoms with Crippen LogP contribution in [-0.2, 0) is 23.4 Å². The molecule has 1 aromatic heterocycles. The lowest BCUT2D eigenvalue weighted by Crippen LogP contribution is -2.63. The second kappa shape index (κ2) is 8.24. The second-order valence-corrected chi connectivity index (χ2v) is 13.7. The van der Waals surface area contributed by atoms with Crippen molar-refractivity contribution < 1.29 is 32.2 Å². The van der Waals surface area contributed by atoms with Crippen LogP contribution in [0.3, 0.4) is 0 Å². The van der Waals surface area contributed by atoms with E-state index in [0.717, 1.165) is 4.57 Å². The highest BCUT2D eigenvalue weighted by molar-refractivity contribution is 6.74. The fourth-order valence-corrected chi connectivity index (χ4v) is 4.44. The van der Waals surface area contributed by atoms with E-state index in [2.05, 4.69) is 0 Å². The van der Waals surface area contributed by atoms with Gasteiger partial charge in [0.15, 0.2) is 20.7 Å². The number of fused-ring (bicyclic) bond motifs is 1. The SMILES string of the molecule is COC1OC[C@H]2O[C@@H](n3cc(F)c(=O)[nH]c3=O)[C@H](O[Si](C)(C)C(C)(C)C)[C@@H](F)[C@@H]2O1. The van der Waals surface area contributed by atoms with Crippen LogP contribution in [0.5, 0.6) is 0 Å². The van der Waals surface area contributed by atoms with Crippen molar-refractivity contribution in [2.24, 2.45) is 0 Å². The molecule has 0 aliphatic carbocycles. The third kappa shape index (κ3) is 4.29. The summed E-state index contributed by atoms with van der Waals surface area (Å²) in [5.41, 5.74) is -2.11. The third-order valence-electron chi connectivity index (χ3n) is 5.88. The number of aromatic nitrogens is 2. The van der Waals surface area contributed by atoms with Gasteiger partial charge >= 0.3 is 5.69 Å². The molecule has 1 unspecified atom stereocenters. The summed E-state index contributed by atoms with van der Waals surface area (Å²) in [4.78, 5) is 25.7. The van der Waals surface area contributed by atoms with Crippen LogP contribution in [0.1, 0.15) is 27.0 Å². The highest BCUT2D eigenvalue weighted by atomic mass is 28.4. The molecule has 6 atom stereocenters. The molecule has 2 aliphatic rings. The van der Waals surface area contributed by atoms with E-state index >= 15 is 4.39 Å². The molecule has 0 aromatic carbocycles. The summed E-state index contributed by atoms with van der Waals surface area (Å²) in [6.07, 6.45) is -5.61. The van der Waals surface area contributed by atoms with Gasteiger partial charge in [-0.25, -0.2) is 9.18 Å². The fourth-order valence-electron chi connectivity index (χ4n) is 3.16. The highest BCUT2D eigenvalue weighted by Crippen LogP contribution is 2.42. The van der Waals surface area contributed by atoms with Crippen LogP contribution in [-0.4, -0.2) is 62.5 Å². The monoisotopic (exact) mass is 450 g/mol. The zero-order chi connectivity index (χ0) is 22.4. The van der Waals surface area contributed by atoms with Crippen LogP contribution in [0.4, 0.5) is 8.78 Å². The molecule has 9 nitrogen and oxygen atoms in total. The van der Waals surface area contributed by atoms with Gasteiger partial charge in [0, 0.05) is 7.11 Å². The largest absolute Gasteiger partial charge is 0.406 e. The second-order valence-electron chi connectivity index (χ2n) is 8.95. The molecular weight excluding hydrogens is 422 g/mol. The van der Waals surface area contributed by atoms with E-state index in [4.69, 9.17) is 23.4 Å². The van der Waals surface area contributed by atoms with E-state index in [0.29, 0.717) is 6.20 Å². The molecule has 2 fully saturated rings. The normalized spacial score (nSPS) is 32.7. The number of ether oxygens (including phenoxy) is 4. The van der Waals surface area contributed by atoms with Crippen LogP contribution in [0.2, 0.25) is 18.1 Å². The summed E-state index contributed by atoms with van der Waals surface area (Å²) < 4.78 is 58.5. The van der Waals surface area contributed by atoms with Crippen molar-refractivity contribution in [2.75, 3.05) is 13.7 Å². The summed E-state index contributed by atoms with van der Waals surface area (Å²) in [6, 6.07) is 0. The number of hydrogen-bond donors (Lipinski definition) is 1. The molecule has 0 saturated carbocycles. The summed E-state index contributed by atoms with van der Waals surface area (Å²) in [5, 5.41) is -0.277. The molecule has 30 heavy (non-hydrogen) atoms. The molecule has 1 N–H and O–H groups in total. The molecule has 3 rings (SSSR count). The van der Waals surface area contributed by atoms with E-state index in [1.807, 2.05) is 38.8 Å². The fraction of sp³-hybridized carbons (Fsp3) is 0.778. The van der Waals surface area contributed by atoms with Crippen molar-refractivity contribution >= 4 is 8.32 Å². The number of nitrogens with one attached hydrogen (secondary N) is 1. The number of aromatic amines is 1. The first-order chi connectivity index (χ1) is 13.9. The first kappa shape index (κ1) is 23.2. The van der Waals surface area contributed by atoms with Gasteiger partial charge in [0.1, 0.15) is 18.3 Å². The summed E-state index contributed by atoms with van der Waals surface area (Å²) in [6.45, 7) is 8.65. The Morgan fingerprint density at radius 2 is 1.93 bits per heavy atom. The molecule has 12 heteroatoms. The van der Waals surface area contributed by atoms with Crippen LogP contribution < -0.4 is 11.2 Å². The van der Waals surface area contributed by atoms with Crippen molar-refractivity contribution in [3.8, 4) is 0 Å². The zero-order valence-corrected chi connectivity index (χ0v) is 18.8. The van der Waals surface area contributed by atoms with Gasteiger partial charge in [-0.1, -0.05) is 20.8 Å². The Hall–Kier alpha value is -1.44. The average Bonchev–Trinajstić information content (AvgIpc) is 2.65. The van der Waals surface area contributed by atoms with E-state index in [-0.39, 0.29) is 11.6 Å². The zero-order valence-electron chi connectivity index (χ0n) is 17.8. The number of H-pyrrole nitrogens is 1. The molecule has 2 aliphatic heterocycles. The molecule has 1 aromatic rings. The maximum Gasteiger partial charge on any atom is 0.330 e. The Bertz CT molecular complexity index is 885. The molecule has 2 saturated heterocycles. The first-order valence-electron chi connectivity index (χ1n) is 9.64. The van der Waals surface area contributed by atoms with Crippen molar-refractivity contribution in [1.29, 1.82) is 0 Å². The van der Waals surface area contributed by atoms with E-state index in [1.165, 1.54) is 7.11 Å². The lowest BCUT2D eigenvalue weighted by Gasteiger charge is -2.49. The quantitative estimate of drug-likeness (QED) is 0.696. The molecule has 0 spiro atoms. The van der Waals surface area contributed by atoms with Gasteiger partial charge in [-0.2, -0.15) is 4.39 Å². The van der Waals surface area contributed by atoms with Crippen LogP contribution in [0.15, 0.2) is 15.8 Å². The predicted molar refractivity (Wildman–Crippen MR) is 104 cm³/mol. The molecular formula is C18H28F2N2O7Si. The van der Waals surface area contributed by atoms with Gasteiger partial charge in [-0.05, 0) is 18.1 Å².